The van der Waals surface area contributed by atoms with Gasteiger partial charge in [0.2, 0.25) is 0 Å². The summed E-state index contributed by atoms with van der Waals surface area (Å²) in [7, 11) is 0. The highest BCUT2D eigenvalue weighted by atomic mass is 19.1. The standard InChI is InChI=1S/C15H13F2N3/c1-7-3-13-14(4-8(7)2)20-15(19-13)9-5-12(18)11(17)6-10(9)16/h3-6H,18H2,1-2H3,(H,19,20). The third-order valence-corrected chi connectivity index (χ3v) is 3.44. The average Bonchev–Trinajstić information content (AvgIpc) is 2.77. The number of hydrogen-bond acceptors (Lipinski definition) is 2. The molecule has 0 radical (unpaired) electrons. The molecule has 0 unspecified atom stereocenters. The van der Waals surface area contributed by atoms with Crippen LogP contribution in [0.3, 0.4) is 0 Å². The summed E-state index contributed by atoms with van der Waals surface area (Å²) in [5, 5.41) is 0. The van der Waals surface area contributed by atoms with E-state index in [1.54, 1.807) is 0 Å². The second-order valence-electron chi connectivity index (χ2n) is 4.89. The van der Waals surface area contributed by atoms with Crippen LogP contribution in [0.4, 0.5) is 14.5 Å². The van der Waals surface area contributed by atoms with Gasteiger partial charge in [-0.05, 0) is 43.2 Å². The Morgan fingerprint density at radius 2 is 1.70 bits per heavy atom. The number of anilines is 1. The molecule has 0 bridgehead atoms. The van der Waals surface area contributed by atoms with Crippen LogP contribution in [0.15, 0.2) is 24.3 Å². The van der Waals surface area contributed by atoms with E-state index in [0.29, 0.717) is 5.82 Å². The molecule has 0 atom stereocenters. The van der Waals surface area contributed by atoms with Crippen LogP contribution in [0.25, 0.3) is 22.4 Å². The maximum Gasteiger partial charge on any atom is 0.149 e. The van der Waals surface area contributed by atoms with Gasteiger partial charge >= 0.3 is 0 Å². The second-order valence-corrected chi connectivity index (χ2v) is 4.89. The van der Waals surface area contributed by atoms with Crippen molar-refractivity contribution in [3.8, 4) is 11.4 Å². The zero-order valence-corrected chi connectivity index (χ0v) is 11.1. The Bertz CT molecular complexity index is 783. The summed E-state index contributed by atoms with van der Waals surface area (Å²) in [6, 6.07) is 5.90. The number of halogens is 2. The highest BCUT2D eigenvalue weighted by Gasteiger charge is 2.14. The molecule has 2 aromatic carbocycles. The first-order valence-corrected chi connectivity index (χ1v) is 6.17. The molecule has 5 heteroatoms. The Labute approximate surface area is 114 Å². The van der Waals surface area contributed by atoms with E-state index in [1.165, 1.54) is 6.07 Å². The maximum atomic E-state index is 13.8. The molecule has 1 aromatic heterocycles. The highest BCUT2D eigenvalue weighted by molar-refractivity contribution is 5.81. The number of nitrogens with zero attached hydrogens (tertiary/aromatic N) is 1. The Morgan fingerprint density at radius 3 is 2.45 bits per heavy atom. The Morgan fingerprint density at radius 1 is 1.00 bits per heavy atom. The first kappa shape index (κ1) is 12.6. The fourth-order valence-electron chi connectivity index (χ4n) is 2.14. The number of benzene rings is 2. The van der Waals surface area contributed by atoms with Crippen molar-refractivity contribution in [2.24, 2.45) is 0 Å². The second kappa shape index (κ2) is 4.30. The van der Waals surface area contributed by atoms with Gasteiger partial charge in [-0.25, -0.2) is 13.8 Å². The Hall–Kier alpha value is -2.43. The zero-order valence-electron chi connectivity index (χ0n) is 11.1. The number of aromatic nitrogens is 2. The number of rotatable bonds is 1. The van der Waals surface area contributed by atoms with E-state index >= 15 is 0 Å². The summed E-state index contributed by atoms with van der Waals surface area (Å²) in [6.07, 6.45) is 0. The summed E-state index contributed by atoms with van der Waals surface area (Å²) in [5.74, 6) is -1.12. The summed E-state index contributed by atoms with van der Waals surface area (Å²) >= 11 is 0. The first-order chi connectivity index (χ1) is 9.45. The molecule has 0 aliphatic carbocycles. The van der Waals surface area contributed by atoms with Gasteiger partial charge in [0.05, 0.1) is 22.3 Å². The van der Waals surface area contributed by atoms with E-state index in [9.17, 15) is 8.78 Å². The van der Waals surface area contributed by atoms with Crippen molar-refractivity contribution < 1.29 is 8.78 Å². The molecule has 102 valence electrons. The molecule has 0 saturated carbocycles. The number of H-pyrrole nitrogens is 1. The lowest BCUT2D eigenvalue weighted by Crippen LogP contribution is -1.95. The van der Waals surface area contributed by atoms with Gasteiger partial charge in [0.1, 0.15) is 17.5 Å². The normalized spacial score (nSPS) is 11.2. The van der Waals surface area contributed by atoms with Gasteiger partial charge < -0.3 is 10.7 Å². The molecule has 0 aliphatic rings. The molecular weight excluding hydrogens is 260 g/mol. The average molecular weight is 273 g/mol. The van der Waals surface area contributed by atoms with Crippen LogP contribution in [-0.2, 0) is 0 Å². The van der Waals surface area contributed by atoms with Gasteiger partial charge in [-0.2, -0.15) is 0 Å². The largest absolute Gasteiger partial charge is 0.396 e. The van der Waals surface area contributed by atoms with Gasteiger partial charge in [-0.3, -0.25) is 0 Å². The van der Waals surface area contributed by atoms with Crippen LogP contribution in [0.2, 0.25) is 0 Å². The van der Waals surface area contributed by atoms with Crippen molar-refractivity contribution in [1.29, 1.82) is 0 Å². The van der Waals surface area contributed by atoms with Crippen LogP contribution in [0.5, 0.6) is 0 Å². The monoisotopic (exact) mass is 273 g/mol. The summed E-state index contributed by atoms with van der Waals surface area (Å²) < 4.78 is 27.0. The quantitative estimate of drug-likeness (QED) is 0.664. The fourth-order valence-corrected chi connectivity index (χ4v) is 2.14. The Balaban J connectivity index is 2.22. The van der Waals surface area contributed by atoms with E-state index in [0.717, 1.165) is 28.2 Å². The molecule has 3 N–H and O–H groups in total. The minimum Gasteiger partial charge on any atom is -0.396 e. The van der Waals surface area contributed by atoms with E-state index in [2.05, 4.69) is 9.97 Å². The smallest absolute Gasteiger partial charge is 0.149 e. The number of aryl methyl sites for hydroxylation is 2. The summed E-state index contributed by atoms with van der Waals surface area (Å²) in [6.45, 7) is 3.98. The molecule has 0 fully saturated rings. The summed E-state index contributed by atoms with van der Waals surface area (Å²) in [5.41, 5.74) is 9.32. The van der Waals surface area contributed by atoms with Crippen molar-refractivity contribution in [1.82, 2.24) is 9.97 Å². The number of nitrogen functional groups attached to an aromatic ring is 1. The van der Waals surface area contributed by atoms with Crippen molar-refractivity contribution in [2.75, 3.05) is 5.73 Å². The minimum absolute atomic E-state index is 0.103. The van der Waals surface area contributed by atoms with Gasteiger partial charge in [-0.1, -0.05) is 0 Å². The lowest BCUT2D eigenvalue weighted by Gasteiger charge is -2.02. The predicted molar refractivity (Wildman–Crippen MR) is 75.3 cm³/mol. The van der Waals surface area contributed by atoms with Crippen LogP contribution < -0.4 is 5.73 Å². The van der Waals surface area contributed by atoms with Crippen LogP contribution in [-0.4, -0.2) is 9.97 Å². The predicted octanol–water partition coefficient (Wildman–Crippen LogP) is 3.71. The van der Waals surface area contributed by atoms with Crippen molar-refractivity contribution >= 4 is 16.7 Å². The highest BCUT2D eigenvalue weighted by Crippen LogP contribution is 2.27. The third-order valence-electron chi connectivity index (χ3n) is 3.44. The molecule has 0 spiro atoms. The van der Waals surface area contributed by atoms with E-state index < -0.39 is 11.6 Å². The number of aromatic amines is 1. The van der Waals surface area contributed by atoms with Crippen LogP contribution in [0, 0.1) is 25.5 Å². The SMILES string of the molecule is Cc1cc2nc(-c3cc(N)c(F)cc3F)[nH]c2cc1C. The van der Waals surface area contributed by atoms with Gasteiger partial charge in [0.15, 0.2) is 0 Å². The molecule has 3 aromatic rings. The Kier molecular flexibility index (Phi) is 2.71. The maximum absolute atomic E-state index is 13.8. The number of nitrogens with two attached hydrogens (primary N) is 1. The molecule has 1 heterocycles. The number of fused-ring (bicyclic) bond motifs is 1. The van der Waals surface area contributed by atoms with Gasteiger partial charge in [-0.15, -0.1) is 0 Å². The molecular formula is C15H13F2N3. The minimum atomic E-state index is -0.769. The van der Waals surface area contributed by atoms with E-state index in [4.69, 9.17) is 5.73 Å². The molecule has 20 heavy (non-hydrogen) atoms. The zero-order chi connectivity index (χ0) is 14.4. The molecule has 0 aliphatic heterocycles. The van der Waals surface area contributed by atoms with Crippen molar-refractivity contribution in [3.05, 3.63) is 47.0 Å². The molecule has 3 nitrogen and oxygen atoms in total. The van der Waals surface area contributed by atoms with Crippen LogP contribution >= 0.6 is 0 Å². The number of imidazole rings is 1. The van der Waals surface area contributed by atoms with Gasteiger partial charge in [0.25, 0.3) is 0 Å². The van der Waals surface area contributed by atoms with Crippen molar-refractivity contribution in [2.45, 2.75) is 13.8 Å². The molecule has 0 saturated heterocycles. The van der Waals surface area contributed by atoms with E-state index in [1.807, 2.05) is 26.0 Å². The fraction of sp³-hybridized carbons (Fsp3) is 0.133. The first-order valence-electron chi connectivity index (χ1n) is 6.17. The number of nitrogens with one attached hydrogen (secondary N) is 1. The molecule has 0 amide bonds. The van der Waals surface area contributed by atoms with E-state index in [-0.39, 0.29) is 11.3 Å². The molecule has 3 rings (SSSR count). The summed E-state index contributed by atoms with van der Waals surface area (Å²) in [4.78, 5) is 7.38. The van der Waals surface area contributed by atoms with Crippen molar-refractivity contribution in [3.63, 3.8) is 0 Å². The lowest BCUT2D eigenvalue weighted by atomic mass is 10.1. The topological polar surface area (TPSA) is 54.7 Å². The third kappa shape index (κ3) is 1.91. The van der Waals surface area contributed by atoms with Gasteiger partial charge in [0, 0.05) is 6.07 Å². The number of hydrogen-bond donors (Lipinski definition) is 2. The lowest BCUT2D eigenvalue weighted by molar-refractivity contribution is 0.588. The van der Waals surface area contributed by atoms with Crippen LogP contribution in [0.1, 0.15) is 11.1 Å².